The van der Waals surface area contributed by atoms with E-state index in [-0.39, 0.29) is 18.2 Å². The van der Waals surface area contributed by atoms with Crippen LogP contribution in [0.1, 0.15) is 27.2 Å². The predicted octanol–water partition coefficient (Wildman–Crippen LogP) is 0.508. The molecule has 1 rings (SSSR count). The molecule has 0 amide bonds. The number of hydrogen-bond donors (Lipinski definition) is 2. The maximum atomic E-state index is 9.56. The van der Waals surface area contributed by atoms with Gasteiger partial charge in [0.05, 0.1) is 24.4 Å². The summed E-state index contributed by atoms with van der Waals surface area (Å²) in [6, 6.07) is -0.222. The molecule has 0 spiro atoms. The Hall–Kier alpha value is -0.120. The second-order valence-corrected chi connectivity index (χ2v) is 4.00. The molecule has 0 saturated carbocycles. The smallest absolute Gasteiger partial charge is 0.0741 e. The molecule has 1 heterocycles. The van der Waals surface area contributed by atoms with Crippen molar-refractivity contribution >= 4 is 0 Å². The molecule has 0 aliphatic carbocycles. The largest absolute Gasteiger partial charge is 0.391 e. The fourth-order valence-corrected chi connectivity index (χ4v) is 1.56. The summed E-state index contributed by atoms with van der Waals surface area (Å²) in [5, 5.41) is 9.56. The van der Waals surface area contributed by atoms with E-state index < -0.39 is 6.10 Å². The molecule has 72 valence electrons. The van der Waals surface area contributed by atoms with Crippen LogP contribution in [0.3, 0.4) is 0 Å². The van der Waals surface area contributed by atoms with Crippen LogP contribution in [0.4, 0.5) is 0 Å². The Labute approximate surface area is 73.9 Å². The van der Waals surface area contributed by atoms with Gasteiger partial charge in [-0.2, -0.15) is 0 Å². The lowest BCUT2D eigenvalue weighted by molar-refractivity contribution is -0.116. The van der Waals surface area contributed by atoms with Gasteiger partial charge in [-0.3, -0.25) is 0 Å². The Bertz CT molecular complexity index is 137. The summed E-state index contributed by atoms with van der Waals surface area (Å²) in [6.07, 6.45) is 0.403. The maximum absolute atomic E-state index is 9.56. The summed E-state index contributed by atoms with van der Waals surface area (Å²) in [7, 11) is 0. The number of ether oxygens (including phenoxy) is 1. The van der Waals surface area contributed by atoms with E-state index >= 15 is 0 Å². The van der Waals surface area contributed by atoms with Crippen molar-refractivity contribution in [3.05, 3.63) is 0 Å². The minimum Gasteiger partial charge on any atom is -0.391 e. The Morgan fingerprint density at radius 3 is 2.50 bits per heavy atom. The van der Waals surface area contributed by atoms with Gasteiger partial charge in [-0.15, -0.1) is 0 Å². The molecule has 0 aromatic heterocycles. The summed E-state index contributed by atoms with van der Waals surface area (Å²) >= 11 is 0. The first kappa shape index (κ1) is 9.96. The fourth-order valence-electron chi connectivity index (χ4n) is 1.56. The van der Waals surface area contributed by atoms with Crippen LogP contribution in [-0.2, 0) is 4.74 Å². The molecule has 1 saturated heterocycles. The molecule has 0 radical (unpaired) electrons. The van der Waals surface area contributed by atoms with E-state index in [1.165, 1.54) is 0 Å². The van der Waals surface area contributed by atoms with E-state index in [4.69, 9.17) is 10.5 Å². The van der Waals surface area contributed by atoms with Gasteiger partial charge in [-0.1, -0.05) is 13.8 Å². The van der Waals surface area contributed by atoms with Gasteiger partial charge in [-0.05, 0) is 12.8 Å². The molecular formula is C9H19NO2. The van der Waals surface area contributed by atoms with Crippen molar-refractivity contribution < 1.29 is 9.84 Å². The second kappa shape index (κ2) is 3.73. The van der Waals surface area contributed by atoms with Gasteiger partial charge in [0, 0.05) is 6.42 Å². The van der Waals surface area contributed by atoms with Crippen LogP contribution < -0.4 is 5.73 Å². The van der Waals surface area contributed by atoms with E-state index in [0.717, 1.165) is 0 Å². The lowest BCUT2D eigenvalue weighted by atomic mass is 9.92. The lowest BCUT2D eigenvalue weighted by Crippen LogP contribution is -2.52. The quantitative estimate of drug-likeness (QED) is 0.607. The minimum atomic E-state index is -0.402. The normalized spacial score (nSPS) is 43.5. The van der Waals surface area contributed by atoms with E-state index in [9.17, 15) is 5.11 Å². The van der Waals surface area contributed by atoms with Gasteiger partial charge in [0.1, 0.15) is 0 Å². The monoisotopic (exact) mass is 173 g/mol. The molecular weight excluding hydrogens is 154 g/mol. The zero-order chi connectivity index (χ0) is 9.30. The highest BCUT2D eigenvalue weighted by molar-refractivity contribution is 4.86. The maximum Gasteiger partial charge on any atom is 0.0741 e. The van der Waals surface area contributed by atoms with E-state index in [2.05, 4.69) is 13.8 Å². The van der Waals surface area contributed by atoms with Crippen LogP contribution in [0.25, 0.3) is 0 Å². The van der Waals surface area contributed by atoms with Crippen LogP contribution in [0.2, 0.25) is 0 Å². The van der Waals surface area contributed by atoms with Gasteiger partial charge in [0.15, 0.2) is 0 Å². The van der Waals surface area contributed by atoms with Crippen molar-refractivity contribution in [2.24, 2.45) is 11.7 Å². The Kier molecular flexibility index (Phi) is 3.09. The van der Waals surface area contributed by atoms with Gasteiger partial charge in [-0.25, -0.2) is 0 Å². The Balaban J connectivity index is 2.53. The van der Waals surface area contributed by atoms with Crippen molar-refractivity contribution in [3.63, 3.8) is 0 Å². The average Bonchev–Trinajstić information content (AvgIpc) is 1.99. The topological polar surface area (TPSA) is 55.5 Å². The molecule has 3 heteroatoms. The molecule has 1 aliphatic rings. The predicted molar refractivity (Wildman–Crippen MR) is 47.8 cm³/mol. The number of hydrogen-bond acceptors (Lipinski definition) is 3. The van der Waals surface area contributed by atoms with Crippen LogP contribution in [0.5, 0.6) is 0 Å². The molecule has 1 aliphatic heterocycles. The van der Waals surface area contributed by atoms with Gasteiger partial charge in [0.2, 0.25) is 0 Å². The van der Waals surface area contributed by atoms with Crippen molar-refractivity contribution in [2.75, 3.05) is 0 Å². The SMILES string of the molecule is CC(C)[C@@H]1C[C@H](O)[C@@H](N)C(C)O1. The van der Waals surface area contributed by atoms with Crippen LogP contribution in [-0.4, -0.2) is 29.5 Å². The molecule has 0 aromatic carbocycles. The number of aliphatic hydroxyl groups is 1. The molecule has 3 nitrogen and oxygen atoms in total. The molecule has 12 heavy (non-hydrogen) atoms. The third kappa shape index (κ3) is 1.97. The fraction of sp³-hybridized carbons (Fsp3) is 1.00. The minimum absolute atomic E-state index is 0.0267. The summed E-state index contributed by atoms with van der Waals surface area (Å²) in [5.74, 6) is 0.453. The van der Waals surface area contributed by atoms with Gasteiger partial charge < -0.3 is 15.6 Å². The summed E-state index contributed by atoms with van der Waals surface area (Å²) in [4.78, 5) is 0. The number of rotatable bonds is 1. The van der Waals surface area contributed by atoms with Gasteiger partial charge in [0.25, 0.3) is 0 Å². The molecule has 1 unspecified atom stereocenters. The zero-order valence-electron chi connectivity index (χ0n) is 8.03. The highest BCUT2D eigenvalue weighted by Gasteiger charge is 2.33. The summed E-state index contributed by atoms with van der Waals surface area (Å²) < 4.78 is 5.65. The molecule has 0 aromatic rings. The van der Waals surface area contributed by atoms with E-state index in [0.29, 0.717) is 12.3 Å². The van der Waals surface area contributed by atoms with Crippen LogP contribution in [0, 0.1) is 5.92 Å². The Morgan fingerprint density at radius 2 is 2.08 bits per heavy atom. The molecule has 4 atom stereocenters. The lowest BCUT2D eigenvalue weighted by Gasteiger charge is -2.38. The van der Waals surface area contributed by atoms with E-state index in [1.807, 2.05) is 6.92 Å². The van der Waals surface area contributed by atoms with Crippen molar-refractivity contribution in [3.8, 4) is 0 Å². The van der Waals surface area contributed by atoms with Gasteiger partial charge >= 0.3 is 0 Å². The second-order valence-electron chi connectivity index (χ2n) is 4.00. The van der Waals surface area contributed by atoms with Crippen LogP contribution in [0.15, 0.2) is 0 Å². The zero-order valence-corrected chi connectivity index (χ0v) is 8.03. The molecule has 1 fully saturated rings. The number of aliphatic hydroxyl groups excluding tert-OH is 1. The highest BCUT2D eigenvalue weighted by atomic mass is 16.5. The third-order valence-corrected chi connectivity index (χ3v) is 2.59. The van der Waals surface area contributed by atoms with Crippen molar-refractivity contribution in [1.82, 2.24) is 0 Å². The van der Waals surface area contributed by atoms with Crippen molar-refractivity contribution in [2.45, 2.75) is 51.5 Å². The van der Waals surface area contributed by atoms with Crippen molar-refractivity contribution in [1.29, 1.82) is 0 Å². The first-order chi connectivity index (χ1) is 5.52. The number of nitrogens with two attached hydrogens (primary N) is 1. The average molecular weight is 173 g/mol. The Morgan fingerprint density at radius 1 is 1.50 bits per heavy atom. The van der Waals surface area contributed by atoms with E-state index in [1.54, 1.807) is 0 Å². The van der Waals surface area contributed by atoms with Crippen LogP contribution >= 0.6 is 0 Å². The standard InChI is InChI=1S/C9H19NO2/c1-5(2)8-4-7(11)9(10)6(3)12-8/h5-9,11H,4,10H2,1-3H3/t6?,7-,8-,9-/m0/s1. The summed E-state index contributed by atoms with van der Waals surface area (Å²) in [5.41, 5.74) is 5.71. The first-order valence-electron chi connectivity index (χ1n) is 4.61. The highest BCUT2D eigenvalue weighted by Crippen LogP contribution is 2.23. The molecule has 3 N–H and O–H groups in total. The third-order valence-electron chi connectivity index (χ3n) is 2.59. The summed E-state index contributed by atoms with van der Waals surface area (Å²) in [6.45, 7) is 6.12. The first-order valence-corrected chi connectivity index (χ1v) is 4.61. The molecule has 0 bridgehead atoms.